The van der Waals surface area contributed by atoms with Crippen molar-refractivity contribution in [2.24, 2.45) is 0 Å². The maximum atomic E-state index is 8.99. The Bertz CT molecular complexity index is 299. The Balaban J connectivity index is 2.78. The average molecular weight is 194 g/mol. The molecule has 0 aromatic heterocycles. The van der Waals surface area contributed by atoms with Crippen LogP contribution in [0.25, 0.3) is 0 Å². The number of aryl methyl sites for hydroxylation is 1. The number of hydrogen-bond donors (Lipinski definition) is 2. The largest absolute Gasteiger partial charge is 0.494 e. The van der Waals surface area contributed by atoms with Gasteiger partial charge in [0, 0.05) is 0 Å². The van der Waals surface area contributed by atoms with Gasteiger partial charge in [-0.3, -0.25) is 0 Å². The monoisotopic (exact) mass is 194 g/mol. The molecule has 0 fully saturated rings. The molecule has 2 N–H and O–H groups in total. The van der Waals surface area contributed by atoms with Gasteiger partial charge in [-0.2, -0.15) is 0 Å². The van der Waals surface area contributed by atoms with Crippen LogP contribution >= 0.6 is 0 Å². The van der Waals surface area contributed by atoms with Gasteiger partial charge in [0.05, 0.1) is 6.61 Å². The quantitative estimate of drug-likeness (QED) is 0.684. The van der Waals surface area contributed by atoms with Crippen LogP contribution in [0.1, 0.15) is 18.9 Å². The summed E-state index contributed by atoms with van der Waals surface area (Å²) in [6.07, 6.45) is 0.962. The van der Waals surface area contributed by atoms with Crippen molar-refractivity contribution in [3.63, 3.8) is 0 Å². The van der Waals surface area contributed by atoms with Crippen LogP contribution in [0.15, 0.2) is 18.2 Å². The summed E-state index contributed by atoms with van der Waals surface area (Å²) in [5.74, 6) is 0.772. The molecule has 0 aliphatic carbocycles. The van der Waals surface area contributed by atoms with E-state index in [1.807, 2.05) is 19.9 Å². The maximum absolute atomic E-state index is 8.99. The van der Waals surface area contributed by atoms with Crippen molar-refractivity contribution in [2.75, 3.05) is 6.61 Å². The van der Waals surface area contributed by atoms with Crippen molar-refractivity contribution < 1.29 is 14.8 Å². The van der Waals surface area contributed by atoms with E-state index in [0.717, 1.165) is 17.7 Å². The minimum atomic E-state index is -1.41. The summed E-state index contributed by atoms with van der Waals surface area (Å²) in [6.45, 7) is 4.55. The Morgan fingerprint density at radius 2 is 2.07 bits per heavy atom. The maximum Gasteiger partial charge on any atom is 0.488 e. The van der Waals surface area contributed by atoms with E-state index in [0.29, 0.717) is 12.1 Å². The lowest BCUT2D eigenvalue weighted by molar-refractivity contribution is 0.317. The van der Waals surface area contributed by atoms with Crippen LogP contribution < -0.4 is 10.2 Å². The van der Waals surface area contributed by atoms with Gasteiger partial charge in [-0.15, -0.1) is 0 Å². The van der Waals surface area contributed by atoms with Crippen LogP contribution in [0.4, 0.5) is 0 Å². The Labute approximate surface area is 84.5 Å². The molecule has 0 aliphatic heterocycles. The normalized spacial score (nSPS) is 10.0. The Kier molecular flexibility index (Phi) is 3.98. The summed E-state index contributed by atoms with van der Waals surface area (Å²) in [5.41, 5.74) is 1.35. The number of ether oxygens (including phenoxy) is 1. The van der Waals surface area contributed by atoms with Crippen LogP contribution in [0.2, 0.25) is 0 Å². The van der Waals surface area contributed by atoms with Crippen LogP contribution in [-0.4, -0.2) is 23.8 Å². The Morgan fingerprint density at radius 3 is 2.57 bits per heavy atom. The molecule has 0 aliphatic rings. The highest BCUT2D eigenvalue weighted by molar-refractivity contribution is 6.59. The molecule has 1 aromatic carbocycles. The van der Waals surface area contributed by atoms with Gasteiger partial charge in [0.15, 0.2) is 0 Å². The minimum Gasteiger partial charge on any atom is -0.494 e. The number of benzene rings is 1. The summed E-state index contributed by atoms with van der Waals surface area (Å²) < 4.78 is 5.41. The van der Waals surface area contributed by atoms with E-state index in [2.05, 4.69) is 0 Å². The molecular formula is C10H15BO3. The van der Waals surface area contributed by atoms with Crippen molar-refractivity contribution >= 4 is 12.6 Å². The average Bonchev–Trinajstić information content (AvgIpc) is 2.14. The molecule has 0 bridgehead atoms. The summed E-state index contributed by atoms with van der Waals surface area (Å²) >= 11 is 0. The van der Waals surface area contributed by atoms with Crippen LogP contribution in [0, 0.1) is 6.92 Å². The lowest BCUT2D eigenvalue weighted by Crippen LogP contribution is -2.31. The second-order valence-electron chi connectivity index (χ2n) is 3.24. The van der Waals surface area contributed by atoms with Crippen LogP contribution in [0.3, 0.4) is 0 Å². The first-order valence-corrected chi connectivity index (χ1v) is 4.74. The summed E-state index contributed by atoms with van der Waals surface area (Å²) in [4.78, 5) is 0. The third-order valence-corrected chi connectivity index (χ3v) is 1.99. The summed E-state index contributed by atoms with van der Waals surface area (Å²) in [6, 6.07) is 5.23. The first kappa shape index (κ1) is 11.1. The van der Waals surface area contributed by atoms with Crippen molar-refractivity contribution in [3.05, 3.63) is 23.8 Å². The third kappa shape index (κ3) is 2.75. The number of rotatable bonds is 4. The predicted molar refractivity (Wildman–Crippen MR) is 56.8 cm³/mol. The van der Waals surface area contributed by atoms with E-state index >= 15 is 0 Å². The number of hydrogen-bond acceptors (Lipinski definition) is 3. The lowest BCUT2D eigenvalue weighted by Gasteiger charge is -2.08. The van der Waals surface area contributed by atoms with Gasteiger partial charge in [-0.25, -0.2) is 0 Å². The van der Waals surface area contributed by atoms with Gasteiger partial charge in [-0.1, -0.05) is 13.0 Å². The van der Waals surface area contributed by atoms with Crippen molar-refractivity contribution in [2.45, 2.75) is 20.3 Å². The summed E-state index contributed by atoms with van der Waals surface area (Å²) in [7, 11) is -1.41. The molecule has 0 unspecified atom stereocenters. The standard InChI is InChI=1S/C10H15BO3/c1-3-6-14-9-4-5-10(11(12)13)8(2)7-9/h4-5,7,12-13H,3,6H2,1-2H3. The zero-order valence-electron chi connectivity index (χ0n) is 8.53. The highest BCUT2D eigenvalue weighted by Crippen LogP contribution is 2.11. The first-order chi connectivity index (χ1) is 6.65. The van der Waals surface area contributed by atoms with Gasteiger partial charge in [0.25, 0.3) is 0 Å². The van der Waals surface area contributed by atoms with Gasteiger partial charge in [0.1, 0.15) is 5.75 Å². The fraction of sp³-hybridized carbons (Fsp3) is 0.400. The predicted octanol–water partition coefficient (Wildman–Crippen LogP) is 0.464. The molecular weight excluding hydrogens is 179 g/mol. The molecule has 4 heteroatoms. The first-order valence-electron chi connectivity index (χ1n) is 4.74. The van der Waals surface area contributed by atoms with Crippen LogP contribution in [-0.2, 0) is 0 Å². The molecule has 3 nitrogen and oxygen atoms in total. The van der Waals surface area contributed by atoms with Gasteiger partial charge in [0.2, 0.25) is 0 Å². The second-order valence-corrected chi connectivity index (χ2v) is 3.24. The molecule has 76 valence electrons. The van der Waals surface area contributed by atoms with Crippen LogP contribution in [0.5, 0.6) is 5.75 Å². The smallest absolute Gasteiger partial charge is 0.488 e. The molecule has 0 heterocycles. The van der Waals surface area contributed by atoms with Crippen molar-refractivity contribution in [1.29, 1.82) is 0 Å². The highest BCUT2D eigenvalue weighted by atomic mass is 16.5. The van der Waals surface area contributed by atoms with E-state index < -0.39 is 7.12 Å². The van der Waals surface area contributed by atoms with E-state index in [-0.39, 0.29) is 0 Å². The van der Waals surface area contributed by atoms with Gasteiger partial charge >= 0.3 is 7.12 Å². The van der Waals surface area contributed by atoms with Gasteiger partial charge < -0.3 is 14.8 Å². The van der Waals surface area contributed by atoms with E-state index in [1.165, 1.54) is 0 Å². The zero-order chi connectivity index (χ0) is 10.6. The minimum absolute atomic E-state index is 0.522. The van der Waals surface area contributed by atoms with Gasteiger partial charge in [-0.05, 0) is 36.5 Å². The summed E-state index contributed by atoms with van der Waals surface area (Å²) in [5, 5.41) is 18.0. The highest BCUT2D eigenvalue weighted by Gasteiger charge is 2.13. The zero-order valence-corrected chi connectivity index (χ0v) is 8.53. The molecule has 0 saturated heterocycles. The lowest BCUT2D eigenvalue weighted by atomic mass is 9.77. The topological polar surface area (TPSA) is 49.7 Å². The SMILES string of the molecule is CCCOc1ccc(B(O)O)c(C)c1. The Hall–Kier alpha value is -0.995. The third-order valence-electron chi connectivity index (χ3n) is 1.99. The van der Waals surface area contributed by atoms with E-state index in [9.17, 15) is 0 Å². The molecule has 0 spiro atoms. The molecule has 1 aromatic rings. The van der Waals surface area contributed by atoms with E-state index in [4.69, 9.17) is 14.8 Å². The fourth-order valence-electron chi connectivity index (χ4n) is 1.25. The fourth-order valence-corrected chi connectivity index (χ4v) is 1.25. The van der Waals surface area contributed by atoms with Crippen molar-refractivity contribution in [1.82, 2.24) is 0 Å². The molecule has 0 saturated carbocycles. The molecule has 14 heavy (non-hydrogen) atoms. The van der Waals surface area contributed by atoms with Crippen molar-refractivity contribution in [3.8, 4) is 5.75 Å². The second kappa shape index (κ2) is 5.03. The molecule has 0 atom stereocenters. The molecule has 0 radical (unpaired) electrons. The molecule has 1 rings (SSSR count). The Morgan fingerprint density at radius 1 is 1.36 bits per heavy atom. The molecule has 0 amide bonds. The van der Waals surface area contributed by atoms with E-state index in [1.54, 1.807) is 12.1 Å².